The van der Waals surface area contributed by atoms with E-state index in [9.17, 15) is 26.3 Å². The molecule has 1 aromatic carbocycles. The van der Waals surface area contributed by atoms with E-state index >= 15 is 0 Å². The molecule has 4 unspecified atom stereocenters. The summed E-state index contributed by atoms with van der Waals surface area (Å²) in [6.45, 7) is 8.62. The summed E-state index contributed by atoms with van der Waals surface area (Å²) in [4.78, 5) is 0. The molecule has 1 aliphatic carbocycles. The number of alkyl halides is 6. The number of ether oxygens (including phenoxy) is 2. The molecule has 2 nitrogen and oxygen atoms in total. The molecule has 1 aliphatic rings. The molecule has 1 fully saturated rings. The van der Waals surface area contributed by atoms with Crippen molar-refractivity contribution in [1.29, 1.82) is 0 Å². The minimum atomic E-state index is -5.72. The molecule has 0 aromatic heterocycles. The molecule has 1 aromatic rings. The Hall–Kier alpha value is -1.28. The fraction of sp³-hybridized carbons (Fsp3) is 0.750. The summed E-state index contributed by atoms with van der Waals surface area (Å²) >= 11 is 0. The quantitative estimate of drug-likeness (QED) is 0.285. The summed E-state index contributed by atoms with van der Waals surface area (Å²) in [6, 6.07) is 4.33. The Bertz CT molecular complexity index is 697. The number of halogens is 6. The molecule has 0 N–H and O–H groups in total. The van der Waals surface area contributed by atoms with Crippen LogP contribution in [0.15, 0.2) is 24.3 Å². The number of benzene rings is 1. The maximum Gasteiger partial charge on any atom is 0.430 e. The minimum absolute atomic E-state index is 0.0146. The van der Waals surface area contributed by atoms with E-state index in [1.807, 2.05) is 34.6 Å². The summed E-state index contributed by atoms with van der Waals surface area (Å²) in [7, 11) is 0. The highest BCUT2D eigenvalue weighted by Crippen LogP contribution is 2.53. The molecule has 8 heteroatoms. The third-order valence-corrected chi connectivity index (χ3v) is 6.82. The molecule has 184 valence electrons. The number of hydrogen-bond donors (Lipinski definition) is 0. The molecule has 0 amide bonds. The van der Waals surface area contributed by atoms with Gasteiger partial charge in [-0.1, -0.05) is 65.3 Å². The van der Waals surface area contributed by atoms with Crippen LogP contribution in [0.3, 0.4) is 0 Å². The number of rotatable bonds is 8. The van der Waals surface area contributed by atoms with Crippen molar-refractivity contribution in [3.8, 4) is 0 Å². The van der Waals surface area contributed by atoms with Crippen LogP contribution in [0.25, 0.3) is 0 Å². The van der Waals surface area contributed by atoms with Crippen molar-refractivity contribution < 1.29 is 35.8 Å². The van der Waals surface area contributed by atoms with Gasteiger partial charge in [0.25, 0.3) is 5.60 Å². The molecule has 0 heterocycles. The second kappa shape index (κ2) is 10.3. The van der Waals surface area contributed by atoms with Crippen LogP contribution in [0.2, 0.25) is 0 Å². The van der Waals surface area contributed by atoms with Crippen molar-refractivity contribution >= 4 is 0 Å². The highest BCUT2D eigenvalue weighted by atomic mass is 19.4. The van der Waals surface area contributed by atoms with Crippen LogP contribution >= 0.6 is 0 Å². The topological polar surface area (TPSA) is 18.5 Å². The van der Waals surface area contributed by atoms with Gasteiger partial charge in [-0.2, -0.15) is 26.3 Å². The van der Waals surface area contributed by atoms with Gasteiger partial charge < -0.3 is 9.47 Å². The molecule has 0 saturated heterocycles. The second-order valence-electron chi connectivity index (χ2n) is 9.40. The van der Waals surface area contributed by atoms with E-state index in [1.54, 1.807) is 0 Å². The predicted octanol–water partition coefficient (Wildman–Crippen LogP) is 7.97. The van der Waals surface area contributed by atoms with E-state index in [4.69, 9.17) is 4.74 Å². The lowest BCUT2D eigenvalue weighted by Crippen LogP contribution is -2.56. The monoisotopic (exact) mass is 468 g/mol. The summed E-state index contributed by atoms with van der Waals surface area (Å²) in [5, 5.41) is 0. The molecule has 4 atom stereocenters. The smallest absolute Gasteiger partial charge is 0.352 e. The Morgan fingerprint density at radius 3 is 1.97 bits per heavy atom. The van der Waals surface area contributed by atoms with Gasteiger partial charge in [0, 0.05) is 5.56 Å². The highest BCUT2D eigenvalue weighted by molar-refractivity contribution is 5.32. The van der Waals surface area contributed by atoms with Gasteiger partial charge >= 0.3 is 12.4 Å². The Balaban J connectivity index is 2.34. The van der Waals surface area contributed by atoms with Crippen LogP contribution in [-0.4, -0.2) is 25.2 Å². The normalized spacial score (nSPS) is 24.1. The largest absolute Gasteiger partial charge is 0.430 e. The number of hydrogen-bond acceptors (Lipinski definition) is 2. The Morgan fingerprint density at radius 2 is 1.50 bits per heavy atom. The SMILES string of the molecule is CCC(C)c1ccc(C(OCOC2CC(C)CCC2C(C)C)(C(F)(F)F)C(F)(F)F)cc1. The van der Waals surface area contributed by atoms with Gasteiger partial charge in [-0.05, 0) is 48.5 Å². The molecule has 2 rings (SSSR count). The standard InChI is InChI=1S/C24H34F6O2/c1-6-17(5)18-8-10-19(11-9-18)22(23(25,26)27,24(28,29)30)32-14-31-21-13-16(4)7-12-20(21)15(2)3/h8-11,15-17,20-21H,6-7,12-14H2,1-5H3. The van der Waals surface area contributed by atoms with Crippen molar-refractivity contribution in [3.05, 3.63) is 35.4 Å². The van der Waals surface area contributed by atoms with Gasteiger partial charge in [0.15, 0.2) is 0 Å². The average molecular weight is 469 g/mol. The molecule has 0 radical (unpaired) electrons. The van der Waals surface area contributed by atoms with E-state index in [0.717, 1.165) is 25.0 Å². The fourth-order valence-electron chi connectivity index (χ4n) is 4.53. The zero-order chi connectivity index (χ0) is 24.3. The van der Waals surface area contributed by atoms with Crippen LogP contribution in [0.4, 0.5) is 26.3 Å². The van der Waals surface area contributed by atoms with Crippen molar-refractivity contribution in [1.82, 2.24) is 0 Å². The fourth-order valence-corrected chi connectivity index (χ4v) is 4.53. The lowest BCUT2D eigenvalue weighted by molar-refractivity contribution is -0.404. The summed E-state index contributed by atoms with van der Waals surface area (Å²) < 4.78 is 94.3. The van der Waals surface area contributed by atoms with Crippen molar-refractivity contribution in [2.75, 3.05) is 6.79 Å². The maximum atomic E-state index is 14.0. The average Bonchev–Trinajstić information content (AvgIpc) is 2.68. The van der Waals surface area contributed by atoms with Gasteiger partial charge in [-0.15, -0.1) is 0 Å². The second-order valence-corrected chi connectivity index (χ2v) is 9.40. The zero-order valence-electron chi connectivity index (χ0n) is 19.3. The van der Waals surface area contributed by atoms with Crippen LogP contribution in [0.5, 0.6) is 0 Å². The van der Waals surface area contributed by atoms with Gasteiger partial charge in [0.1, 0.15) is 6.79 Å². The molecule has 0 aliphatic heterocycles. The molecule has 0 bridgehead atoms. The molecule has 0 spiro atoms. The van der Waals surface area contributed by atoms with Crippen molar-refractivity contribution in [3.63, 3.8) is 0 Å². The van der Waals surface area contributed by atoms with E-state index in [-0.39, 0.29) is 23.7 Å². The Labute approximate surface area is 186 Å². The lowest BCUT2D eigenvalue weighted by atomic mass is 9.75. The summed E-state index contributed by atoms with van der Waals surface area (Å²) in [6.07, 6.45) is -8.80. The van der Waals surface area contributed by atoms with Gasteiger partial charge in [-0.25, -0.2) is 0 Å². The van der Waals surface area contributed by atoms with Gasteiger partial charge in [-0.3, -0.25) is 0 Å². The maximum absolute atomic E-state index is 14.0. The van der Waals surface area contributed by atoms with E-state index in [1.165, 1.54) is 12.1 Å². The van der Waals surface area contributed by atoms with Crippen molar-refractivity contribution in [2.24, 2.45) is 17.8 Å². The molecular weight excluding hydrogens is 434 g/mol. The van der Waals surface area contributed by atoms with E-state index in [0.29, 0.717) is 18.4 Å². The van der Waals surface area contributed by atoms with Gasteiger partial charge in [0.2, 0.25) is 0 Å². The van der Waals surface area contributed by atoms with E-state index in [2.05, 4.69) is 4.74 Å². The Morgan fingerprint density at radius 1 is 0.938 bits per heavy atom. The van der Waals surface area contributed by atoms with Crippen LogP contribution in [0.1, 0.15) is 77.3 Å². The van der Waals surface area contributed by atoms with Crippen LogP contribution < -0.4 is 0 Å². The zero-order valence-corrected chi connectivity index (χ0v) is 19.3. The molecular formula is C24H34F6O2. The first kappa shape index (κ1) is 27.0. The summed E-state index contributed by atoms with van der Waals surface area (Å²) in [5.41, 5.74) is -4.78. The third-order valence-electron chi connectivity index (χ3n) is 6.82. The van der Waals surface area contributed by atoms with Crippen LogP contribution in [0, 0.1) is 17.8 Å². The first-order valence-corrected chi connectivity index (χ1v) is 11.2. The summed E-state index contributed by atoms with van der Waals surface area (Å²) in [5.74, 6) is 0.574. The molecule has 1 saturated carbocycles. The van der Waals surface area contributed by atoms with Crippen LogP contribution in [-0.2, 0) is 15.1 Å². The minimum Gasteiger partial charge on any atom is -0.352 e. The lowest BCUT2D eigenvalue weighted by Gasteiger charge is -2.40. The Kier molecular flexibility index (Phi) is 8.70. The third kappa shape index (κ3) is 5.61. The van der Waals surface area contributed by atoms with E-state index < -0.39 is 36.4 Å². The van der Waals surface area contributed by atoms with Gasteiger partial charge in [0.05, 0.1) is 6.10 Å². The highest BCUT2D eigenvalue weighted by Gasteiger charge is 2.73. The molecule has 32 heavy (non-hydrogen) atoms. The predicted molar refractivity (Wildman–Crippen MR) is 111 cm³/mol. The first-order chi connectivity index (χ1) is 14.7. The van der Waals surface area contributed by atoms with Crippen molar-refractivity contribution in [2.45, 2.75) is 90.3 Å². The first-order valence-electron chi connectivity index (χ1n) is 11.2.